The molecule has 1 aromatic heterocycles. The van der Waals surface area contributed by atoms with E-state index in [1.54, 1.807) is 13.2 Å². The predicted octanol–water partition coefficient (Wildman–Crippen LogP) is 4.46. The fraction of sp³-hybridized carbons (Fsp3) is 0.214. The van der Waals surface area contributed by atoms with Gasteiger partial charge in [0.2, 0.25) is 0 Å². The molecule has 0 atom stereocenters. The quantitative estimate of drug-likeness (QED) is 0.775. The lowest BCUT2D eigenvalue weighted by atomic mass is 10.1. The SMILES string of the molecule is COc1ccc(Cl)cc1-c1ccc(CCl)c(C)n1. The summed E-state index contributed by atoms with van der Waals surface area (Å²) in [6.45, 7) is 1.94. The second kappa shape index (κ2) is 5.59. The van der Waals surface area contributed by atoms with Gasteiger partial charge >= 0.3 is 0 Å². The zero-order valence-electron chi connectivity index (χ0n) is 10.2. The molecule has 0 fully saturated rings. The summed E-state index contributed by atoms with van der Waals surface area (Å²) in [5, 5.41) is 0.659. The lowest BCUT2D eigenvalue weighted by molar-refractivity contribution is 0.416. The van der Waals surface area contributed by atoms with Crippen molar-refractivity contribution in [3.8, 4) is 17.0 Å². The predicted molar refractivity (Wildman–Crippen MR) is 75.5 cm³/mol. The number of hydrogen-bond donors (Lipinski definition) is 0. The van der Waals surface area contributed by atoms with Gasteiger partial charge in [0, 0.05) is 22.2 Å². The Balaban J connectivity index is 2.54. The minimum absolute atomic E-state index is 0.464. The van der Waals surface area contributed by atoms with Crippen LogP contribution in [0, 0.1) is 6.92 Å². The van der Waals surface area contributed by atoms with Crippen molar-refractivity contribution in [2.24, 2.45) is 0 Å². The number of rotatable bonds is 3. The summed E-state index contributed by atoms with van der Waals surface area (Å²) >= 11 is 11.8. The van der Waals surface area contributed by atoms with Gasteiger partial charge in [-0.3, -0.25) is 4.98 Å². The smallest absolute Gasteiger partial charge is 0.128 e. The first-order valence-electron chi connectivity index (χ1n) is 5.52. The van der Waals surface area contributed by atoms with E-state index in [1.807, 2.05) is 31.2 Å². The highest BCUT2D eigenvalue weighted by atomic mass is 35.5. The van der Waals surface area contributed by atoms with Crippen LogP contribution in [0.3, 0.4) is 0 Å². The second-order valence-electron chi connectivity index (χ2n) is 3.92. The van der Waals surface area contributed by atoms with Crippen molar-refractivity contribution in [2.45, 2.75) is 12.8 Å². The number of aromatic nitrogens is 1. The zero-order chi connectivity index (χ0) is 13.1. The molecule has 0 unspecified atom stereocenters. The molecular formula is C14H13Cl2NO. The summed E-state index contributed by atoms with van der Waals surface area (Å²) in [4.78, 5) is 4.54. The van der Waals surface area contributed by atoms with Crippen LogP contribution >= 0.6 is 23.2 Å². The van der Waals surface area contributed by atoms with Gasteiger partial charge in [0.1, 0.15) is 5.75 Å². The second-order valence-corrected chi connectivity index (χ2v) is 4.62. The number of halogens is 2. The lowest BCUT2D eigenvalue weighted by Crippen LogP contribution is -1.94. The van der Waals surface area contributed by atoms with Gasteiger partial charge in [-0.2, -0.15) is 0 Å². The largest absolute Gasteiger partial charge is 0.496 e. The molecule has 2 rings (SSSR count). The fourth-order valence-corrected chi connectivity index (χ4v) is 2.22. The van der Waals surface area contributed by atoms with E-state index in [0.717, 1.165) is 28.3 Å². The Kier molecular flexibility index (Phi) is 4.10. The summed E-state index contributed by atoms with van der Waals surface area (Å²) in [6.07, 6.45) is 0. The van der Waals surface area contributed by atoms with Crippen molar-refractivity contribution in [1.82, 2.24) is 4.98 Å². The van der Waals surface area contributed by atoms with Gasteiger partial charge in [-0.25, -0.2) is 0 Å². The first kappa shape index (κ1) is 13.2. The molecule has 0 bridgehead atoms. The summed E-state index contributed by atoms with van der Waals surface area (Å²) in [6, 6.07) is 9.39. The Hall–Kier alpha value is -1.25. The molecule has 0 N–H and O–H groups in total. The summed E-state index contributed by atoms with van der Waals surface area (Å²) < 4.78 is 5.33. The number of pyridine rings is 1. The van der Waals surface area contributed by atoms with E-state index in [0.29, 0.717) is 10.9 Å². The summed E-state index contributed by atoms with van der Waals surface area (Å²) in [7, 11) is 1.63. The van der Waals surface area contributed by atoms with E-state index in [2.05, 4.69) is 4.98 Å². The number of nitrogens with zero attached hydrogens (tertiary/aromatic N) is 1. The normalized spacial score (nSPS) is 10.4. The van der Waals surface area contributed by atoms with Crippen molar-refractivity contribution in [2.75, 3.05) is 7.11 Å². The van der Waals surface area contributed by atoms with Crippen LogP contribution in [0.15, 0.2) is 30.3 Å². The molecule has 0 spiro atoms. The number of aryl methyl sites for hydroxylation is 1. The van der Waals surface area contributed by atoms with Crippen LogP contribution in [0.2, 0.25) is 5.02 Å². The average Bonchev–Trinajstić information content (AvgIpc) is 2.38. The third kappa shape index (κ3) is 2.60. The Morgan fingerprint density at radius 2 is 2.00 bits per heavy atom. The topological polar surface area (TPSA) is 22.1 Å². The van der Waals surface area contributed by atoms with E-state index >= 15 is 0 Å². The van der Waals surface area contributed by atoms with Crippen molar-refractivity contribution in [1.29, 1.82) is 0 Å². The molecule has 0 aliphatic carbocycles. The van der Waals surface area contributed by atoms with Crippen LogP contribution in [-0.2, 0) is 5.88 Å². The number of methoxy groups -OCH3 is 1. The van der Waals surface area contributed by atoms with Crippen molar-refractivity contribution >= 4 is 23.2 Å². The van der Waals surface area contributed by atoms with Crippen LogP contribution in [0.5, 0.6) is 5.75 Å². The van der Waals surface area contributed by atoms with Gasteiger partial charge < -0.3 is 4.74 Å². The molecule has 0 aliphatic heterocycles. The van der Waals surface area contributed by atoms with Gasteiger partial charge in [0.15, 0.2) is 0 Å². The highest BCUT2D eigenvalue weighted by Gasteiger charge is 2.09. The van der Waals surface area contributed by atoms with Crippen LogP contribution in [-0.4, -0.2) is 12.1 Å². The maximum absolute atomic E-state index is 6.02. The summed E-state index contributed by atoms with van der Waals surface area (Å²) in [5.74, 6) is 1.22. The van der Waals surface area contributed by atoms with Crippen LogP contribution in [0.4, 0.5) is 0 Å². The molecule has 18 heavy (non-hydrogen) atoms. The standard InChI is InChI=1S/C14H13Cl2NO/c1-9-10(8-15)3-5-13(17-9)12-7-11(16)4-6-14(12)18-2/h3-7H,8H2,1-2H3. The van der Waals surface area contributed by atoms with E-state index in [-0.39, 0.29) is 0 Å². The highest BCUT2D eigenvalue weighted by molar-refractivity contribution is 6.31. The molecule has 0 radical (unpaired) electrons. The molecule has 4 heteroatoms. The first-order chi connectivity index (χ1) is 8.65. The Morgan fingerprint density at radius 1 is 1.22 bits per heavy atom. The Bertz CT molecular complexity index is 570. The highest BCUT2D eigenvalue weighted by Crippen LogP contribution is 2.31. The molecule has 1 heterocycles. The fourth-order valence-electron chi connectivity index (χ4n) is 1.76. The maximum atomic E-state index is 6.02. The third-order valence-electron chi connectivity index (χ3n) is 2.78. The van der Waals surface area contributed by atoms with E-state index < -0.39 is 0 Å². The van der Waals surface area contributed by atoms with Crippen LogP contribution in [0.25, 0.3) is 11.3 Å². The van der Waals surface area contributed by atoms with Crippen molar-refractivity contribution in [3.63, 3.8) is 0 Å². The van der Waals surface area contributed by atoms with E-state index in [4.69, 9.17) is 27.9 Å². The number of hydrogen-bond acceptors (Lipinski definition) is 2. The molecule has 2 aromatic rings. The molecule has 2 nitrogen and oxygen atoms in total. The lowest BCUT2D eigenvalue weighted by Gasteiger charge is -2.10. The van der Waals surface area contributed by atoms with Crippen LogP contribution in [0.1, 0.15) is 11.3 Å². The minimum atomic E-state index is 0.464. The van der Waals surface area contributed by atoms with Crippen LogP contribution < -0.4 is 4.74 Å². The van der Waals surface area contributed by atoms with Gasteiger partial charge in [-0.1, -0.05) is 17.7 Å². The molecule has 1 aromatic carbocycles. The first-order valence-corrected chi connectivity index (χ1v) is 6.43. The van der Waals surface area contributed by atoms with Crippen molar-refractivity contribution in [3.05, 3.63) is 46.6 Å². The molecule has 0 saturated heterocycles. The van der Waals surface area contributed by atoms with Gasteiger partial charge in [0.05, 0.1) is 12.8 Å². The van der Waals surface area contributed by atoms with Gasteiger partial charge in [-0.05, 0) is 36.8 Å². The molecule has 0 saturated carbocycles. The molecule has 0 amide bonds. The number of ether oxygens (including phenoxy) is 1. The Labute approximate surface area is 117 Å². The monoisotopic (exact) mass is 281 g/mol. The summed E-state index contributed by atoms with van der Waals surface area (Å²) in [5.41, 5.74) is 3.67. The van der Waals surface area contributed by atoms with E-state index in [9.17, 15) is 0 Å². The Morgan fingerprint density at radius 3 is 2.61 bits per heavy atom. The van der Waals surface area contributed by atoms with Gasteiger partial charge in [-0.15, -0.1) is 11.6 Å². The average molecular weight is 282 g/mol. The molecular weight excluding hydrogens is 269 g/mol. The minimum Gasteiger partial charge on any atom is -0.496 e. The number of benzene rings is 1. The molecule has 0 aliphatic rings. The zero-order valence-corrected chi connectivity index (χ0v) is 11.7. The van der Waals surface area contributed by atoms with Crippen molar-refractivity contribution < 1.29 is 4.74 Å². The maximum Gasteiger partial charge on any atom is 0.128 e. The third-order valence-corrected chi connectivity index (χ3v) is 3.30. The number of alkyl halides is 1. The molecule has 94 valence electrons. The van der Waals surface area contributed by atoms with E-state index in [1.165, 1.54) is 0 Å². The van der Waals surface area contributed by atoms with Gasteiger partial charge in [0.25, 0.3) is 0 Å².